The van der Waals surface area contributed by atoms with Gasteiger partial charge < -0.3 is 5.32 Å². The maximum atomic E-state index is 11.7. The van der Waals surface area contributed by atoms with Crippen molar-refractivity contribution in [3.63, 3.8) is 0 Å². The normalized spacial score (nSPS) is 10.5. The Hall–Kier alpha value is -0.830. The summed E-state index contributed by atoms with van der Waals surface area (Å²) in [7, 11) is 0. The molecule has 0 heterocycles. The van der Waals surface area contributed by atoms with Crippen molar-refractivity contribution in [2.45, 2.75) is 63.7 Å². The molecule has 1 rings (SSSR count). The zero-order chi connectivity index (χ0) is 14.6. The number of hydrogen-bond donors (Lipinski definition) is 1. The van der Waals surface area contributed by atoms with Crippen LogP contribution in [0.5, 0.6) is 0 Å². The van der Waals surface area contributed by atoms with Crippen LogP contribution in [0.1, 0.15) is 63.0 Å². The molecule has 20 heavy (non-hydrogen) atoms. The molecule has 0 fully saturated rings. The van der Waals surface area contributed by atoms with Crippen LogP contribution >= 0.6 is 15.9 Å². The van der Waals surface area contributed by atoms with Crippen molar-refractivity contribution < 1.29 is 4.79 Å². The average Bonchev–Trinajstić information content (AvgIpc) is 2.49. The molecule has 0 radical (unpaired) electrons. The number of alkyl halides is 1. The molecule has 0 atom stereocenters. The molecule has 0 unspecified atom stereocenters. The number of hydrogen-bond acceptors (Lipinski definition) is 1. The predicted molar refractivity (Wildman–Crippen MR) is 88.9 cm³/mol. The van der Waals surface area contributed by atoms with Gasteiger partial charge in [-0.3, -0.25) is 4.79 Å². The second-order valence-corrected chi connectivity index (χ2v) is 5.81. The zero-order valence-electron chi connectivity index (χ0n) is 12.5. The molecule has 0 spiro atoms. The van der Waals surface area contributed by atoms with Crippen LogP contribution < -0.4 is 5.32 Å². The summed E-state index contributed by atoms with van der Waals surface area (Å²) in [5, 5.41) is 3.85. The number of unbranched alkanes of at least 4 members (excludes halogenated alkanes) is 5. The van der Waals surface area contributed by atoms with E-state index >= 15 is 0 Å². The van der Waals surface area contributed by atoms with Gasteiger partial charge in [-0.1, -0.05) is 79.2 Å². The molecule has 0 saturated heterocycles. The molecular formula is C17H26BrNO. The Morgan fingerprint density at radius 1 is 1.10 bits per heavy atom. The fourth-order valence-electron chi connectivity index (χ4n) is 2.18. The second-order valence-electron chi connectivity index (χ2n) is 5.25. The molecular weight excluding hydrogens is 314 g/mol. The van der Waals surface area contributed by atoms with Gasteiger partial charge in [0.25, 0.3) is 0 Å². The van der Waals surface area contributed by atoms with Gasteiger partial charge in [0.1, 0.15) is 0 Å². The van der Waals surface area contributed by atoms with Crippen molar-refractivity contribution in [1.82, 2.24) is 5.32 Å². The van der Waals surface area contributed by atoms with E-state index in [9.17, 15) is 4.79 Å². The minimum absolute atomic E-state index is 0.171. The number of rotatable bonds is 10. The number of carbonyl (C=O) groups is 1. The fraction of sp³-hybridized carbons (Fsp3) is 0.588. The van der Waals surface area contributed by atoms with Crippen LogP contribution in [0, 0.1) is 0 Å². The van der Waals surface area contributed by atoms with Gasteiger partial charge in [0.15, 0.2) is 0 Å². The summed E-state index contributed by atoms with van der Waals surface area (Å²) in [5.41, 5.74) is 2.41. The van der Waals surface area contributed by atoms with Crippen molar-refractivity contribution in [3.05, 3.63) is 35.4 Å². The van der Waals surface area contributed by atoms with E-state index in [0.717, 1.165) is 11.8 Å². The molecule has 0 aliphatic rings. The summed E-state index contributed by atoms with van der Waals surface area (Å²) in [6.07, 6.45) is 7.99. The lowest BCUT2D eigenvalue weighted by molar-refractivity contribution is -0.121. The highest BCUT2D eigenvalue weighted by molar-refractivity contribution is 9.08. The number of benzene rings is 1. The largest absolute Gasteiger partial charge is 0.352 e. The van der Waals surface area contributed by atoms with Gasteiger partial charge in [0.05, 0.1) is 0 Å². The van der Waals surface area contributed by atoms with Crippen molar-refractivity contribution in [2.24, 2.45) is 0 Å². The van der Waals surface area contributed by atoms with Gasteiger partial charge in [-0.2, -0.15) is 0 Å². The smallest absolute Gasteiger partial charge is 0.220 e. The van der Waals surface area contributed by atoms with E-state index in [1.807, 2.05) is 6.07 Å². The highest BCUT2D eigenvalue weighted by Gasteiger charge is 2.02. The van der Waals surface area contributed by atoms with Crippen molar-refractivity contribution in [2.75, 3.05) is 0 Å². The fourth-order valence-corrected chi connectivity index (χ4v) is 2.53. The van der Waals surface area contributed by atoms with Crippen LogP contribution in [0.15, 0.2) is 24.3 Å². The first-order valence-electron chi connectivity index (χ1n) is 7.66. The SMILES string of the molecule is CCCCCCCCC(=O)NCc1cccc(CBr)c1. The number of halogens is 1. The van der Waals surface area contributed by atoms with Gasteiger partial charge >= 0.3 is 0 Å². The quantitative estimate of drug-likeness (QED) is 0.474. The Labute approximate surface area is 131 Å². The first-order valence-corrected chi connectivity index (χ1v) is 8.79. The Balaban J connectivity index is 2.13. The standard InChI is InChI=1S/C17H26BrNO/c1-2-3-4-5-6-7-11-17(20)19-14-16-10-8-9-15(12-16)13-18/h8-10,12H,2-7,11,13-14H2,1H3,(H,19,20). The molecule has 0 saturated carbocycles. The Morgan fingerprint density at radius 2 is 1.80 bits per heavy atom. The summed E-state index contributed by atoms with van der Waals surface area (Å²) >= 11 is 3.44. The molecule has 0 aliphatic carbocycles. The first kappa shape index (κ1) is 17.2. The van der Waals surface area contributed by atoms with E-state index in [2.05, 4.69) is 46.4 Å². The van der Waals surface area contributed by atoms with Gasteiger partial charge in [0, 0.05) is 18.3 Å². The monoisotopic (exact) mass is 339 g/mol. The molecule has 2 nitrogen and oxygen atoms in total. The van der Waals surface area contributed by atoms with Crippen molar-refractivity contribution >= 4 is 21.8 Å². The van der Waals surface area contributed by atoms with Crippen LogP contribution in [0.3, 0.4) is 0 Å². The lowest BCUT2D eigenvalue weighted by Crippen LogP contribution is -2.22. The third-order valence-corrected chi connectivity index (χ3v) is 4.04. The maximum Gasteiger partial charge on any atom is 0.220 e. The molecule has 1 amide bonds. The van der Waals surface area contributed by atoms with Crippen LogP contribution in [-0.2, 0) is 16.7 Å². The molecule has 0 bridgehead atoms. The summed E-state index contributed by atoms with van der Waals surface area (Å²) in [6, 6.07) is 8.29. The summed E-state index contributed by atoms with van der Waals surface area (Å²) < 4.78 is 0. The van der Waals surface area contributed by atoms with Crippen molar-refractivity contribution in [3.8, 4) is 0 Å². The highest BCUT2D eigenvalue weighted by Crippen LogP contribution is 2.09. The number of amides is 1. The maximum absolute atomic E-state index is 11.7. The van der Waals surface area contributed by atoms with Crippen LogP contribution in [0.2, 0.25) is 0 Å². The van der Waals surface area contributed by atoms with Crippen LogP contribution in [0.4, 0.5) is 0 Å². The van der Waals surface area contributed by atoms with E-state index in [1.54, 1.807) is 0 Å². The molecule has 1 aromatic carbocycles. The molecule has 1 N–H and O–H groups in total. The third-order valence-electron chi connectivity index (χ3n) is 3.39. The highest BCUT2D eigenvalue weighted by atomic mass is 79.9. The summed E-state index contributed by atoms with van der Waals surface area (Å²) in [6.45, 7) is 2.85. The van der Waals surface area contributed by atoms with E-state index in [1.165, 1.54) is 43.2 Å². The molecule has 0 aromatic heterocycles. The molecule has 0 aliphatic heterocycles. The second kappa shape index (κ2) is 10.9. The third kappa shape index (κ3) is 7.68. The van der Waals surface area contributed by atoms with E-state index in [4.69, 9.17) is 0 Å². The van der Waals surface area contributed by atoms with Crippen LogP contribution in [-0.4, -0.2) is 5.91 Å². The lowest BCUT2D eigenvalue weighted by Gasteiger charge is -2.06. The Morgan fingerprint density at radius 3 is 2.55 bits per heavy atom. The van der Waals surface area contributed by atoms with Gasteiger partial charge in [0.2, 0.25) is 5.91 Å². The topological polar surface area (TPSA) is 29.1 Å². The average molecular weight is 340 g/mol. The number of carbonyl (C=O) groups excluding carboxylic acids is 1. The predicted octanol–water partition coefficient (Wildman–Crippen LogP) is 4.95. The minimum Gasteiger partial charge on any atom is -0.352 e. The summed E-state index contributed by atoms with van der Waals surface area (Å²) in [5.74, 6) is 0.171. The molecule has 112 valence electrons. The minimum atomic E-state index is 0.171. The molecule has 3 heteroatoms. The lowest BCUT2D eigenvalue weighted by atomic mass is 10.1. The zero-order valence-corrected chi connectivity index (χ0v) is 14.0. The summed E-state index contributed by atoms with van der Waals surface area (Å²) in [4.78, 5) is 11.7. The first-order chi connectivity index (χ1) is 9.76. The van der Waals surface area contributed by atoms with E-state index < -0.39 is 0 Å². The van der Waals surface area contributed by atoms with E-state index in [0.29, 0.717) is 13.0 Å². The van der Waals surface area contributed by atoms with Gasteiger partial charge in [-0.25, -0.2) is 0 Å². The van der Waals surface area contributed by atoms with Gasteiger partial charge in [-0.15, -0.1) is 0 Å². The number of nitrogens with one attached hydrogen (secondary N) is 1. The van der Waals surface area contributed by atoms with Crippen LogP contribution in [0.25, 0.3) is 0 Å². The van der Waals surface area contributed by atoms with E-state index in [-0.39, 0.29) is 5.91 Å². The van der Waals surface area contributed by atoms with Crippen molar-refractivity contribution in [1.29, 1.82) is 0 Å². The van der Waals surface area contributed by atoms with Gasteiger partial charge in [-0.05, 0) is 17.5 Å². The Kier molecular flexibility index (Phi) is 9.38. The Bertz CT molecular complexity index is 392. The molecule has 1 aromatic rings.